The van der Waals surface area contributed by atoms with E-state index in [2.05, 4.69) is 15.3 Å². The molecule has 0 spiro atoms. The van der Waals surface area contributed by atoms with Crippen LogP contribution in [0.4, 0.5) is 5.69 Å². The molecule has 6 nitrogen and oxygen atoms in total. The van der Waals surface area contributed by atoms with Gasteiger partial charge < -0.3 is 15.5 Å². The van der Waals surface area contributed by atoms with E-state index >= 15 is 0 Å². The Hall–Kier alpha value is -3.41. The maximum Gasteiger partial charge on any atom is 0.278 e. The van der Waals surface area contributed by atoms with Crippen molar-refractivity contribution < 1.29 is 15.0 Å². The van der Waals surface area contributed by atoms with Crippen molar-refractivity contribution in [2.24, 2.45) is 0 Å². The Bertz CT molecular complexity index is 836. The number of carbonyl (C=O) groups is 1. The number of nitrogens with zero attached hydrogens (tertiary/aromatic N) is 2. The lowest BCUT2D eigenvalue weighted by Crippen LogP contribution is -2.15. The van der Waals surface area contributed by atoms with E-state index in [-0.39, 0.29) is 11.5 Å². The van der Waals surface area contributed by atoms with E-state index in [0.29, 0.717) is 11.3 Å². The van der Waals surface area contributed by atoms with Crippen LogP contribution in [0.25, 0.3) is 11.4 Å². The second kappa shape index (κ2) is 6.15. The van der Waals surface area contributed by atoms with Gasteiger partial charge in [-0.15, -0.1) is 0 Å². The van der Waals surface area contributed by atoms with Crippen LogP contribution in [-0.2, 0) is 0 Å². The Balaban J connectivity index is 1.98. The molecule has 0 aliphatic rings. The van der Waals surface area contributed by atoms with E-state index in [1.54, 1.807) is 48.5 Å². The van der Waals surface area contributed by atoms with Crippen molar-refractivity contribution in [1.29, 1.82) is 0 Å². The molecule has 0 bridgehead atoms. The fourth-order valence-corrected chi connectivity index (χ4v) is 2.03. The van der Waals surface area contributed by atoms with Gasteiger partial charge in [0.15, 0.2) is 11.5 Å². The van der Waals surface area contributed by atoms with Crippen molar-refractivity contribution in [3.8, 4) is 23.0 Å². The molecule has 23 heavy (non-hydrogen) atoms. The second-order valence-corrected chi connectivity index (χ2v) is 4.75. The van der Waals surface area contributed by atoms with E-state index in [9.17, 15) is 15.0 Å². The van der Waals surface area contributed by atoms with Crippen LogP contribution in [0.15, 0.2) is 60.7 Å². The number of aromatic nitrogens is 2. The van der Waals surface area contributed by atoms with Crippen molar-refractivity contribution in [3.63, 3.8) is 0 Å². The highest BCUT2D eigenvalue weighted by Gasteiger charge is 2.20. The van der Waals surface area contributed by atoms with E-state index in [1.807, 2.05) is 12.1 Å². The smallest absolute Gasteiger partial charge is 0.278 e. The van der Waals surface area contributed by atoms with Crippen molar-refractivity contribution in [2.75, 3.05) is 5.32 Å². The first-order valence-electron chi connectivity index (χ1n) is 6.87. The van der Waals surface area contributed by atoms with Crippen LogP contribution in [0.3, 0.4) is 0 Å². The van der Waals surface area contributed by atoms with Crippen molar-refractivity contribution in [2.45, 2.75) is 0 Å². The normalized spacial score (nSPS) is 10.3. The van der Waals surface area contributed by atoms with Gasteiger partial charge in [0.25, 0.3) is 11.8 Å². The van der Waals surface area contributed by atoms with Crippen LogP contribution in [0.2, 0.25) is 0 Å². The maximum atomic E-state index is 12.3. The average Bonchev–Trinajstić information content (AvgIpc) is 2.58. The van der Waals surface area contributed by atoms with Gasteiger partial charge in [0.05, 0.1) is 0 Å². The number of para-hydroxylation sites is 1. The first-order valence-corrected chi connectivity index (χ1v) is 6.87. The lowest BCUT2D eigenvalue weighted by Gasteiger charge is -2.09. The summed E-state index contributed by atoms with van der Waals surface area (Å²) in [6, 6.07) is 17.6. The summed E-state index contributed by atoms with van der Waals surface area (Å²) in [4.78, 5) is 20.2. The molecule has 0 atom stereocenters. The van der Waals surface area contributed by atoms with Gasteiger partial charge in [-0.05, 0) is 12.1 Å². The summed E-state index contributed by atoms with van der Waals surface area (Å²) in [5.74, 6) is -1.78. The van der Waals surface area contributed by atoms with Crippen molar-refractivity contribution >= 4 is 11.6 Å². The number of benzene rings is 2. The summed E-state index contributed by atoms with van der Waals surface area (Å²) in [5, 5.41) is 22.3. The topological polar surface area (TPSA) is 95.3 Å². The zero-order valence-electron chi connectivity index (χ0n) is 12.0. The molecule has 114 valence electrons. The summed E-state index contributed by atoms with van der Waals surface area (Å²) in [6.07, 6.45) is 0. The Morgan fingerprint density at radius 1 is 0.870 bits per heavy atom. The minimum absolute atomic E-state index is 0.152. The molecule has 1 aromatic heterocycles. The number of hydrogen-bond donors (Lipinski definition) is 3. The molecule has 6 heteroatoms. The monoisotopic (exact) mass is 307 g/mol. The molecule has 0 unspecified atom stereocenters. The third-order valence-corrected chi connectivity index (χ3v) is 3.14. The molecule has 0 fully saturated rings. The molecular formula is C17H13N3O3. The number of amides is 1. The summed E-state index contributed by atoms with van der Waals surface area (Å²) in [7, 11) is 0. The number of hydrogen-bond acceptors (Lipinski definition) is 5. The maximum absolute atomic E-state index is 12.3. The number of anilines is 1. The van der Waals surface area contributed by atoms with Gasteiger partial charge in [-0.2, -0.15) is 4.98 Å². The predicted molar refractivity (Wildman–Crippen MR) is 85.2 cm³/mol. The van der Waals surface area contributed by atoms with E-state index in [4.69, 9.17) is 0 Å². The summed E-state index contributed by atoms with van der Waals surface area (Å²) < 4.78 is 0. The first-order chi connectivity index (χ1) is 11.1. The van der Waals surface area contributed by atoms with E-state index in [1.165, 1.54) is 0 Å². The zero-order valence-corrected chi connectivity index (χ0v) is 12.0. The number of aromatic hydroxyl groups is 2. The second-order valence-electron chi connectivity index (χ2n) is 4.75. The fourth-order valence-electron chi connectivity index (χ4n) is 2.03. The third-order valence-electron chi connectivity index (χ3n) is 3.14. The molecule has 0 aliphatic heterocycles. The predicted octanol–water partition coefficient (Wildman–Crippen LogP) is 2.81. The molecule has 3 rings (SSSR count). The van der Waals surface area contributed by atoms with Gasteiger partial charge in [0.1, 0.15) is 0 Å². The van der Waals surface area contributed by atoms with Crippen LogP contribution >= 0.6 is 0 Å². The minimum Gasteiger partial charge on any atom is -0.501 e. The van der Waals surface area contributed by atoms with Gasteiger partial charge in [-0.1, -0.05) is 48.5 Å². The van der Waals surface area contributed by atoms with Crippen molar-refractivity contribution in [1.82, 2.24) is 9.97 Å². The Morgan fingerprint density at radius 2 is 1.48 bits per heavy atom. The van der Waals surface area contributed by atoms with Gasteiger partial charge in [0.2, 0.25) is 5.75 Å². The van der Waals surface area contributed by atoms with Crippen molar-refractivity contribution in [3.05, 3.63) is 66.4 Å². The highest BCUT2D eigenvalue weighted by Crippen LogP contribution is 2.29. The largest absolute Gasteiger partial charge is 0.501 e. The van der Waals surface area contributed by atoms with Crippen LogP contribution in [-0.4, -0.2) is 26.1 Å². The van der Waals surface area contributed by atoms with Crippen LogP contribution in [0.1, 0.15) is 10.5 Å². The Kier molecular flexibility index (Phi) is 3.88. The highest BCUT2D eigenvalue weighted by molar-refractivity contribution is 6.05. The third kappa shape index (κ3) is 3.11. The Labute approximate surface area is 132 Å². The molecule has 1 heterocycles. The molecule has 3 N–H and O–H groups in total. The number of nitrogens with one attached hydrogen (secondary N) is 1. The zero-order chi connectivity index (χ0) is 16.2. The molecular weight excluding hydrogens is 294 g/mol. The first kappa shape index (κ1) is 14.5. The Morgan fingerprint density at radius 3 is 2.13 bits per heavy atom. The minimum atomic E-state index is -0.655. The lowest BCUT2D eigenvalue weighted by molar-refractivity contribution is 0.101. The quantitative estimate of drug-likeness (QED) is 0.691. The van der Waals surface area contributed by atoms with Crippen LogP contribution < -0.4 is 5.32 Å². The average molecular weight is 307 g/mol. The molecule has 0 saturated heterocycles. The van der Waals surface area contributed by atoms with Crippen LogP contribution in [0.5, 0.6) is 11.6 Å². The summed E-state index contributed by atoms with van der Waals surface area (Å²) >= 11 is 0. The standard InChI is InChI=1S/C17H13N3O3/c21-14-13(16(22)18-12-9-5-2-6-10-12)19-15(20-17(14)23)11-7-3-1-4-8-11/h1-10,21H,(H,18,22)(H,19,20,23). The molecule has 2 aromatic carbocycles. The number of carbonyl (C=O) groups excluding carboxylic acids is 1. The summed E-state index contributed by atoms with van der Waals surface area (Å²) in [5.41, 5.74) is 0.882. The van der Waals surface area contributed by atoms with Gasteiger partial charge in [-0.25, -0.2) is 4.98 Å². The van der Waals surface area contributed by atoms with Gasteiger partial charge in [0, 0.05) is 11.3 Å². The van der Waals surface area contributed by atoms with Crippen LogP contribution in [0, 0.1) is 0 Å². The molecule has 0 saturated carbocycles. The molecule has 0 aliphatic carbocycles. The molecule has 1 amide bonds. The molecule has 0 radical (unpaired) electrons. The highest BCUT2D eigenvalue weighted by atomic mass is 16.3. The molecule has 3 aromatic rings. The fraction of sp³-hybridized carbons (Fsp3) is 0. The van der Waals surface area contributed by atoms with E-state index in [0.717, 1.165) is 0 Å². The summed E-state index contributed by atoms with van der Waals surface area (Å²) in [6.45, 7) is 0. The van der Waals surface area contributed by atoms with E-state index < -0.39 is 17.5 Å². The SMILES string of the molecule is O=C(Nc1ccccc1)c1nc(-c2ccccc2)nc(O)c1O. The lowest BCUT2D eigenvalue weighted by atomic mass is 10.2. The van der Waals surface area contributed by atoms with Gasteiger partial charge in [-0.3, -0.25) is 4.79 Å². The van der Waals surface area contributed by atoms with Gasteiger partial charge >= 0.3 is 0 Å². The number of rotatable bonds is 3.